The first-order valence-corrected chi connectivity index (χ1v) is 10.0. The van der Waals surface area contributed by atoms with Crippen LogP contribution in [-0.2, 0) is 24.2 Å². The number of carbonyl (C=O) groups excluding carboxylic acids is 1. The van der Waals surface area contributed by atoms with Crippen molar-refractivity contribution in [1.29, 1.82) is 0 Å². The number of ether oxygens (including phenoxy) is 3. The fraction of sp³-hybridized carbons (Fsp3) is 0.667. The second-order valence-corrected chi connectivity index (χ2v) is 8.34. The molecule has 1 saturated heterocycles. The molecule has 1 fully saturated rings. The minimum Gasteiger partial charge on any atom is -0.465 e. The van der Waals surface area contributed by atoms with E-state index in [1.807, 2.05) is 0 Å². The van der Waals surface area contributed by atoms with E-state index < -0.39 is 16.0 Å². The zero-order valence-corrected chi connectivity index (χ0v) is 15.5. The molecule has 1 aromatic heterocycles. The van der Waals surface area contributed by atoms with Crippen LogP contribution in [0.2, 0.25) is 0 Å². The zero-order valence-electron chi connectivity index (χ0n) is 13.9. The molecule has 0 radical (unpaired) electrons. The van der Waals surface area contributed by atoms with Crippen molar-refractivity contribution in [3.8, 4) is 0 Å². The Labute approximate surface area is 146 Å². The predicted octanol–water partition coefficient (Wildman–Crippen LogP) is 1.60. The van der Waals surface area contributed by atoms with Crippen LogP contribution in [0, 0.1) is 5.92 Å². The van der Waals surface area contributed by atoms with E-state index in [0.29, 0.717) is 38.8 Å². The van der Waals surface area contributed by atoms with Crippen LogP contribution in [0.25, 0.3) is 0 Å². The molecule has 1 aromatic rings. The molecule has 2 heterocycles. The predicted molar refractivity (Wildman–Crippen MR) is 89.8 cm³/mol. The van der Waals surface area contributed by atoms with Gasteiger partial charge in [0.05, 0.1) is 20.3 Å². The van der Waals surface area contributed by atoms with Gasteiger partial charge in [0.1, 0.15) is 9.77 Å². The SMILES string of the molecule is COCCOCC1CCN(S(=O)(=O)c2ccsc2C(=O)OC)CC1. The van der Waals surface area contributed by atoms with Gasteiger partial charge in [0, 0.05) is 26.8 Å². The van der Waals surface area contributed by atoms with Crippen LogP contribution >= 0.6 is 11.3 Å². The van der Waals surface area contributed by atoms with Gasteiger partial charge in [-0.25, -0.2) is 13.2 Å². The number of rotatable bonds is 8. The van der Waals surface area contributed by atoms with Gasteiger partial charge in [-0.15, -0.1) is 11.3 Å². The molecule has 0 atom stereocenters. The van der Waals surface area contributed by atoms with Gasteiger partial charge in [-0.05, 0) is 30.2 Å². The minimum absolute atomic E-state index is 0.0362. The highest BCUT2D eigenvalue weighted by molar-refractivity contribution is 7.89. The standard InChI is InChI=1S/C15H23NO6S2/c1-20-8-9-22-11-12-3-6-16(7-4-12)24(18,19)13-5-10-23-14(13)15(17)21-2/h5,10,12H,3-4,6-9,11H2,1-2H3. The summed E-state index contributed by atoms with van der Waals surface area (Å²) in [6.07, 6.45) is 1.48. The van der Waals surface area contributed by atoms with Crippen LogP contribution in [0.4, 0.5) is 0 Å². The van der Waals surface area contributed by atoms with Crippen LogP contribution in [-0.4, -0.2) is 65.8 Å². The van der Waals surface area contributed by atoms with E-state index in [4.69, 9.17) is 9.47 Å². The number of thiophene rings is 1. The summed E-state index contributed by atoms with van der Waals surface area (Å²) in [7, 11) is -0.807. The highest BCUT2D eigenvalue weighted by Crippen LogP contribution is 2.29. The van der Waals surface area contributed by atoms with Crippen molar-refractivity contribution in [2.24, 2.45) is 5.92 Å². The lowest BCUT2D eigenvalue weighted by molar-refractivity contribution is 0.0410. The molecule has 9 heteroatoms. The van der Waals surface area contributed by atoms with Gasteiger partial charge in [0.2, 0.25) is 10.0 Å². The van der Waals surface area contributed by atoms with Gasteiger partial charge < -0.3 is 14.2 Å². The molecule has 136 valence electrons. The molecule has 0 spiro atoms. The number of piperidine rings is 1. The van der Waals surface area contributed by atoms with Gasteiger partial charge in [-0.1, -0.05) is 0 Å². The van der Waals surface area contributed by atoms with Crippen LogP contribution in [0.5, 0.6) is 0 Å². The monoisotopic (exact) mass is 377 g/mol. The van der Waals surface area contributed by atoms with E-state index in [1.54, 1.807) is 12.5 Å². The average Bonchev–Trinajstić information content (AvgIpc) is 3.09. The first kappa shape index (κ1) is 19.3. The molecule has 1 aliphatic rings. The molecule has 7 nitrogen and oxygen atoms in total. The third-order valence-corrected chi connectivity index (χ3v) is 6.94. The topological polar surface area (TPSA) is 82.1 Å². The Morgan fingerprint density at radius 3 is 2.62 bits per heavy atom. The molecule has 0 unspecified atom stereocenters. The summed E-state index contributed by atoms with van der Waals surface area (Å²) >= 11 is 1.08. The third-order valence-electron chi connectivity index (χ3n) is 3.98. The van der Waals surface area contributed by atoms with E-state index in [-0.39, 0.29) is 9.77 Å². The molecule has 0 amide bonds. The number of hydrogen-bond donors (Lipinski definition) is 0. The third kappa shape index (κ3) is 4.54. The fourth-order valence-electron chi connectivity index (χ4n) is 2.59. The quantitative estimate of drug-likeness (QED) is 0.506. The summed E-state index contributed by atoms with van der Waals surface area (Å²) in [5.41, 5.74) is 0. The summed E-state index contributed by atoms with van der Waals surface area (Å²) in [6, 6.07) is 1.46. The summed E-state index contributed by atoms with van der Waals surface area (Å²) in [6.45, 7) is 2.57. The second kappa shape index (κ2) is 8.91. The lowest BCUT2D eigenvalue weighted by Gasteiger charge is -2.31. The summed E-state index contributed by atoms with van der Waals surface area (Å²) in [5, 5.41) is 1.59. The van der Waals surface area contributed by atoms with Gasteiger partial charge in [0.25, 0.3) is 0 Å². The molecule has 2 rings (SSSR count). The molecule has 0 aromatic carbocycles. The van der Waals surface area contributed by atoms with E-state index in [1.165, 1.54) is 17.5 Å². The Morgan fingerprint density at radius 1 is 1.29 bits per heavy atom. The minimum atomic E-state index is -3.67. The van der Waals surface area contributed by atoms with Crippen molar-refractivity contribution in [1.82, 2.24) is 4.31 Å². The number of methoxy groups -OCH3 is 2. The Hall–Kier alpha value is -1.00. The van der Waals surface area contributed by atoms with Crippen molar-refractivity contribution in [2.45, 2.75) is 17.7 Å². The Kier molecular flexibility index (Phi) is 7.17. The van der Waals surface area contributed by atoms with Crippen molar-refractivity contribution in [3.05, 3.63) is 16.3 Å². The summed E-state index contributed by atoms with van der Waals surface area (Å²) in [5.74, 6) is -0.277. The highest BCUT2D eigenvalue weighted by Gasteiger charge is 2.33. The molecular formula is C15H23NO6S2. The first-order chi connectivity index (χ1) is 11.5. The van der Waals surface area contributed by atoms with Crippen LogP contribution < -0.4 is 0 Å². The van der Waals surface area contributed by atoms with E-state index in [9.17, 15) is 13.2 Å². The molecule has 0 saturated carbocycles. The largest absolute Gasteiger partial charge is 0.465 e. The Bertz CT molecular complexity index is 634. The Balaban J connectivity index is 1.96. The molecule has 0 aliphatic carbocycles. The average molecular weight is 377 g/mol. The second-order valence-electron chi connectivity index (χ2n) is 5.52. The highest BCUT2D eigenvalue weighted by atomic mass is 32.2. The van der Waals surface area contributed by atoms with Gasteiger partial charge in [0.15, 0.2) is 0 Å². The van der Waals surface area contributed by atoms with Crippen LogP contribution in [0.1, 0.15) is 22.5 Å². The van der Waals surface area contributed by atoms with Crippen molar-refractivity contribution >= 4 is 27.3 Å². The van der Waals surface area contributed by atoms with E-state index in [2.05, 4.69) is 4.74 Å². The van der Waals surface area contributed by atoms with Gasteiger partial charge in [-0.3, -0.25) is 0 Å². The first-order valence-electron chi connectivity index (χ1n) is 7.73. The number of nitrogens with zero attached hydrogens (tertiary/aromatic N) is 1. The molecular weight excluding hydrogens is 354 g/mol. The van der Waals surface area contributed by atoms with Gasteiger partial charge >= 0.3 is 5.97 Å². The number of hydrogen-bond acceptors (Lipinski definition) is 7. The van der Waals surface area contributed by atoms with E-state index >= 15 is 0 Å². The maximum atomic E-state index is 12.8. The molecule has 0 bridgehead atoms. The molecule has 24 heavy (non-hydrogen) atoms. The lowest BCUT2D eigenvalue weighted by Crippen LogP contribution is -2.39. The zero-order chi connectivity index (χ0) is 17.6. The van der Waals surface area contributed by atoms with Crippen LogP contribution in [0.15, 0.2) is 16.3 Å². The number of carbonyl (C=O) groups is 1. The van der Waals surface area contributed by atoms with E-state index in [0.717, 1.165) is 24.2 Å². The normalized spacial score (nSPS) is 17.1. The van der Waals surface area contributed by atoms with Gasteiger partial charge in [-0.2, -0.15) is 4.31 Å². The summed E-state index contributed by atoms with van der Waals surface area (Å²) in [4.78, 5) is 11.9. The van der Waals surface area contributed by atoms with Crippen molar-refractivity contribution in [3.63, 3.8) is 0 Å². The Morgan fingerprint density at radius 2 is 2.00 bits per heavy atom. The van der Waals surface area contributed by atoms with Crippen LogP contribution in [0.3, 0.4) is 0 Å². The number of esters is 1. The fourth-order valence-corrected chi connectivity index (χ4v) is 5.37. The van der Waals surface area contributed by atoms with Crippen molar-refractivity contribution < 1.29 is 27.4 Å². The smallest absolute Gasteiger partial charge is 0.349 e. The summed E-state index contributed by atoms with van der Waals surface area (Å²) < 4.78 is 42.1. The van der Waals surface area contributed by atoms with Crippen molar-refractivity contribution in [2.75, 3.05) is 47.1 Å². The molecule has 0 N–H and O–H groups in total. The lowest BCUT2D eigenvalue weighted by atomic mass is 9.99. The maximum Gasteiger partial charge on any atom is 0.349 e. The molecule has 1 aliphatic heterocycles. The maximum absolute atomic E-state index is 12.8. The number of sulfonamides is 1.